The molecule has 5 nitrogen and oxygen atoms in total. The van der Waals surface area contributed by atoms with Gasteiger partial charge in [-0.05, 0) is 24.6 Å². The molecule has 2 aromatic carbocycles. The summed E-state index contributed by atoms with van der Waals surface area (Å²) in [6.45, 7) is 1.44. The summed E-state index contributed by atoms with van der Waals surface area (Å²) in [7, 11) is 2.90. The van der Waals surface area contributed by atoms with Crippen molar-refractivity contribution in [3.05, 3.63) is 64.9 Å². The molecule has 27 heavy (non-hydrogen) atoms. The summed E-state index contributed by atoms with van der Waals surface area (Å²) in [5, 5.41) is 15.6. The van der Waals surface area contributed by atoms with Crippen LogP contribution in [0.3, 0.4) is 0 Å². The van der Waals surface area contributed by atoms with E-state index in [1.807, 2.05) is 0 Å². The van der Waals surface area contributed by atoms with Gasteiger partial charge in [0, 0.05) is 28.9 Å². The van der Waals surface area contributed by atoms with Crippen LogP contribution >= 0.6 is 0 Å². The molecular weight excluding hydrogens is 361 g/mol. The van der Waals surface area contributed by atoms with Crippen LogP contribution in [0.2, 0.25) is 0 Å². The number of aromatic nitrogens is 2. The van der Waals surface area contributed by atoms with Gasteiger partial charge in [0.05, 0.1) is 25.3 Å². The van der Waals surface area contributed by atoms with Crippen LogP contribution in [-0.4, -0.2) is 19.3 Å². The van der Waals surface area contributed by atoms with Crippen molar-refractivity contribution in [3.63, 3.8) is 0 Å². The van der Waals surface area contributed by atoms with Crippen LogP contribution < -0.4 is 14.3 Å². The molecule has 0 radical (unpaired) electrons. The monoisotopic (exact) mass is 376 g/mol. The van der Waals surface area contributed by atoms with E-state index in [0.29, 0.717) is 34.0 Å². The summed E-state index contributed by atoms with van der Waals surface area (Å²) in [6, 6.07) is 5.93. The maximum absolute atomic E-state index is 14.4. The third kappa shape index (κ3) is 3.51. The largest absolute Gasteiger partial charge is 0.594 e. The SMILES string of the molecule is COc1cc(OC)cc(-c2c[n+]([O-])nc(C)c2-c2c(F)cc(F)cc2F)c1. The number of hydrogen-bond acceptors (Lipinski definition) is 4. The number of aryl methyl sites for hydroxylation is 1. The molecule has 0 N–H and O–H groups in total. The lowest BCUT2D eigenvalue weighted by Crippen LogP contribution is -2.32. The van der Waals surface area contributed by atoms with E-state index in [9.17, 15) is 18.4 Å². The molecule has 0 aliphatic heterocycles. The molecule has 0 saturated heterocycles. The van der Waals surface area contributed by atoms with E-state index in [-0.39, 0.29) is 16.8 Å². The number of hydrogen-bond donors (Lipinski definition) is 0. The van der Waals surface area contributed by atoms with E-state index in [2.05, 4.69) is 5.10 Å². The van der Waals surface area contributed by atoms with Gasteiger partial charge in [-0.15, -0.1) is 0 Å². The molecule has 3 aromatic rings. The third-order valence-electron chi connectivity index (χ3n) is 4.04. The van der Waals surface area contributed by atoms with Crippen LogP contribution in [0, 0.1) is 29.6 Å². The lowest BCUT2D eigenvalue weighted by Gasteiger charge is -2.14. The molecule has 0 atom stereocenters. The summed E-state index contributed by atoms with van der Waals surface area (Å²) in [4.78, 5) is 0.291. The summed E-state index contributed by atoms with van der Waals surface area (Å²) >= 11 is 0. The van der Waals surface area contributed by atoms with Crippen molar-refractivity contribution in [2.45, 2.75) is 6.92 Å². The Morgan fingerprint density at radius 1 is 0.889 bits per heavy atom. The number of rotatable bonds is 4. The number of halogens is 3. The Morgan fingerprint density at radius 3 is 1.96 bits per heavy atom. The van der Waals surface area contributed by atoms with Crippen molar-refractivity contribution in [1.29, 1.82) is 0 Å². The highest BCUT2D eigenvalue weighted by atomic mass is 19.1. The lowest BCUT2D eigenvalue weighted by atomic mass is 9.94. The number of nitrogens with zero attached hydrogens (tertiary/aromatic N) is 2. The summed E-state index contributed by atoms with van der Waals surface area (Å²) in [5.41, 5.74) is 0.249. The van der Waals surface area contributed by atoms with Crippen molar-refractivity contribution in [2.75, 3.05) is 14.2 Å². The van der Waals surface area contributed by atoms with Gasteiger partial charge in [-0.25, -0.2) is 13.2 Å². The molecule has 0 bridgehead atoms. The van der Waals surface area contributed by atoms with Gasteiger partial charge in [-0.1, -0.05) is 4.85 Å². The smallest absolute Gasteiger partial charge is 0.218 e. The summed E-state index contributed by atoms with van der Waals surface area (Å²) < 4.78 is 52.6. The minimum absolute atomic E-state index is 0.0346. The average Bonchev–Trinajstić information content (AvgIpc) is 2.61. The zero-order valence-corrected chi connectivity index (χ0v) is 14.7. The first kappa shape index (κ1) is 18.5. The first-order valence-electron chi connectivity index (χ1n) is 7.83. The van der Waals surface area contributed by atoms with Gasteiger partial charge in [0.25, 0.3) is 0 Å². The van der Waals surface area contributed by atoms with E-state index in [0.717, 1.165) is 6.20 Å². The van der Waals surface area contributed by atoms with Gasteiger partial charge in [-0.3, -0.25) is 0 Å². The average molecular weight is 376 g/mol. The molecule has 1 heterocycles. The van der Waals surface area contributed by atoms with Gasteiger partial charge in [-0.2, -0.15) is 0 Å². The topological polar surface area (TPSA) is 58.3 Å². The Balaban J connectivity index is 2.37. The fraction of sp³-hybridized carbons (Fsp3) is 0.158. The Morgan fingerprint density at radius 2 is 1.44 bits per heavy atom. The minimum atomic E-state index is -1.10. The first-order chi connectivity index (χ1) is 12.8. The molecule has 0 fully saturated rings. The molecule has 0 aliphatic carbocycles. The molecule has 0 saturated carbocycles. The highest BCUT2D eigenvalue weighted by Gasteiger charge is 2.24. The predicted octanol–water partition coefficient (Wildman–Crippen LogP) is 3.79. The molecule has 3 rings (SSSR count). The van der Waals surface area contributed by atoms with Crippen LogP contribution in [-0.2, 0) is 0 Å². The lowest BCUT2D eigenvalue weighted by molar-refractivity contribution is -0.669. The first-order valence-corrected chi connectivity index (χ1v) is 7.83. The minimum Gasteiger partial charge on any atom is -0.594 e. The van der Waals surface area contributed by atoms with Crippen LogP contribution in [0.1, 0.15) is 5.69 Å². The van der Waals surface area contributed by atoms with E-state index in [4.69, 9.17) is 9.47 Å². The van der Waals surface area contributed by atoms with E-state index >= 15 is 0 Å². The second-order valence-electron chi connectivity index (χ2n) is 5.75. The number of benzene rings is 2. The van der Waals surface area contributed by atoms with Crippen molar-refractivity contribution in [2.24, 2.45) is 0 Å². The molecule has 0 aliphatic rings. The molecule has 140 valence electrons. The maximum atomic E-state index is 14.4. The maximum Gasteiger partial charge on any atom is 0.218 e. The zero-order chi connectivity index (χ0) is 19.7. The van der Waals surface area contributed by atoms with E-state index < -0.39 is 23.0 Å². The Bertz CT molecular complexity index is 980. The number of ether oxygens (including phenoxy) is 2. The quantitative estimate of drug-likeness (QED) is 0.514. The highest BCUT2D eigenvalue weighted by molar-refractivity contribution is 5.85. The number of methoxy groups -OCH3 is 2. The Kier molecular flexibility index (Phi) is 4.89. The van der Waals surface area contributed by atoms with Gasteiger partial charge >= 0.3 is 0 Å². The molecule has 8 heteroatoms. The van der Waals surface area contributed by atoms with Crippen molar-refractivity contribution in [1.82, 2.24) is 5.10 Å². The van der Waals surface area contributed by atoms with Gasteiger partial charge < -0.3 is 14.7 Å². The fourth-order valence-electron chi connectivity index (χ4n) is 2.88. The van der Waals surface area contributed by atoms with E-state index in [1.54, 1.807) is 18.2 Å². The van der Waals surface area contributed by atoms with Gasteiger partial charge in [0.15, 0.2) is 0 Å². The van der Waals surface area contributed by atoms with Gasteiger partial charge in [0.1, 0.15) is 34.6 Å². The molecule has 0 spiro atoms. The molecule has 0 amide bonds. The van der Waals surface area contributed by atoms with Crippen molar-refractivity contribution in [3.8, 4) is 33.8 Å². The van der Waals surface area contributed by atoms with Crippen molar-refractivity contribution < 1.29 is 27.5 Å². The molecular formula is C19H15F3N2O3. The predicted molar refractivity (Wildman–Crippen MR) is 91.8 cm³/mol. The van der Waals surface area contributed by atoms with Crippen LogP contribution in [0.5, 0.6) is 11.5 Å². The van der Waals surface area contributed by atoms with Crippen molar-refractivity contribution >= 4 is 0 Å². The highest BCUT2D eigenvalue weighted by Crippen LogP contribution is 2.38. The second-order valence-corrected chi connectivity index (χ2v) is 5.75. The molecule has 0 unspecified atom stereocenters. The third-order valence-corrected chi connectivity index (χ3v) is 4.04. The Labute approximate surface area is 153 Å². The second kappa shape index (κ2) is 7.14. The fourth-order valence-corrected chi connectivity index (χ4v) is 2.88. The van der Waals surface area contributed by atoms with Crippen LogP contribution in [0.4, 0.5) is 13.2 Å². The zero-order valence-electron chi connectivity index (χ0n) is 14.7. The van der Waals surface area contributed by atoms with Crippen LogP contribution in [0.15, 0.2) is 36.5 Å². The van der Waals surface area contributed by atoms with Crippen LogP contribution in [0.25, 0.3) is 22.3 Å². The van der Waals surface area contributed by atoms with E-state index in [1.165, 1.54) is 21.1 Å². The standard InChI is InChI=1S/C19H15F3N2O3/c1-10-18(19-16(21)6-12(20)7-17(19)22)15(9-24(25)23-10)11-4-13(26-2)8-14(5-11)27-3/h4-9H,1-3H3. The molecule has 1 aromatic heterocycles. The summed E-state index contributed by atoms with van der Waals surface area (Å²) in [5.74, 6) is -2.40. The normalized spacial score (nSPS) is 10.7. The van der Waals surface area contributed by atoms with Gasteiger partial charge in [0.2, 0.25) is 6.20 Å². The summed E-state index contributed by atoms with van der Waals surface area (Å²) in [6.07, 6.45) is 1.08. The Hall–Kier alpha value is -3.29.